The van der Waals surface area contributed by atoms with E-state index in [1.54, 1.807) is 18.2 Å². The molecule has 0 bridgehead atoms. The van der Waals surface area contributed by atoms with Gasteiger partial charge in [0.2, 0.25) is 5.88 Å². The number of amides is 1. The van der Waals surface area contributed by atoms with Gasteiger partial charge in [-0.05, 0) is 41.5 Å². The second-order valence-electron chi connectivity index (χ2n) is 7.09. The lowest BCUT2D eigenvalue weighted by molar-refractivity contribution is -0.135. The summed E-state index contributed by atoms with van der Waals surface area (Å²) in [5.74, 6) is -1.23. The minimum absolute atomic E-state index is 0.0909. The van der Waals surface area contributed by atoms with Crippen molar-refractivity contribution in [2.45, 2.75) is 0 Å². The first-order valence-electron chi connectivity index (χ1n) is 10.0. The van der Waals surface area contributed by atoms with Crippen LogP contribution in [0.3, 0.4) is 0 Å². The number of carbonyl (C=O) groups excluding carboxylic acids is 1. The number of nitrogens with zero attached hydrogens (tertiary/aromatic N) is 1. The topological polar surface area (TPSA) is 118 Å². The highest BCUT2D eigenvalue weighted by Gasteiger charge is 2.20. The standard InChI is InChI=1S/C25H20N2O6/c1-32-25-20-13-18(33-17-9-7-16(8-10-17)15-5-3-2-4-6-15)11-12-19(20)23(30)22(27-25)24(31)26-14-21(28)29/h2-13,30H,14H2,1H3,(H,26,31)(H,28,29). The Balaban J connectivity index is 1.62. The summed E-state index contributed by atoms with van der Waals surface area (Å²) in [5, 5.41) is 22.2. The van der Waals surface area contributed by atoms with Crippen molar-refractivity contribution in [2.24, 2.45) is 0 Å². The number of carboxylic acids is 1. The second-order valence-corrected chi connectivity index (χ2v) is 7.09. The molecule has 0 aliphatic rings. The predicted octanol–water partition coefficient (Wildman–Crippen LogP) is 4.22. The minimum atomic E-state index is -1.21. The molecule has 1 aromatic heterocycles. The molecule has 33 heavy (non-hydrogen) atoms. The summed E-state index contributed by atoms with van der Waals surface area (Å²) >= 11 is 0. The van der Waals surface area contributed by atoms with E-state index in [-0.39, 0.29) is 17.3 Å². The first kappa shape index (κ1) is 21.6. The van der Waals surface area contributed by atoms with Crippen LogP contribution in [0.15, 0.2) is 72.8 Å². The number of fused-ring (bicyclic) bond motifs is 1. The highest BCUT2D eigenvalue weighted by atomic mass is 16.5. The number of benzene rings is 3. The highest BCUT2D eigenvalue weighted by molar-refractivity contribution is 6.04. The van der Waals surface area contributed by atoms with Gasteiger partial charge in [-0.25, -0.2) is 4.98 Å². The molecule has 0 radical (unpaired) electrons. The van der Waals surface area contributed by atoms with Crippen LogP contribution in [-0.2, 0) is 4.79 Å². The third-order valence-electron chi connectivity index (χ3n) is 4.92. The summed E-state index contributed by atoms with van der Waals surface area (Å²) in [6.45, 7) is -0.601. The smallest absolute Gasteiger partial charge is 0.322 e. The quantitative estimate of drug-likeness (QED) is 0.390. The van der Waals surface area contributed by atoms with E-state index in [0.717, 1.165) is 11.1 Å². The SMILES string of the molecule is COc1nc(C(=O)NCC(=O)O)c(O)c2ccc(Oc3ccc(-c4ccccc4)cc3)cc12. The lowest BCUT2D eigenvalue weighted by atomic mass is 10.1. The lowest BCUT2D eigenvalue weighted by Crippen LogP contribution is -2.30. The molecule has 0 saturated heterocycles. The molecular formula is C25H20N2O6. The van der Waals surface area contributed by atoms with Gasteiger partial charge in [0.1, 0.15) is 18.0 Å². The van der Waals surface area contributed by atoms with Gasteiger partial charge in [0, 0.05) is 5.39 Å². The van der Waals surface area contributed by atoms with Gasteiger partial charge < -0.3 is 25.0 Å². The van der Waals surface area contributed by atoms with Crippen LogP contribution in [0.5, 0.6) is 23.1 Å². The van der Waals surface area contributed by atoms with Crippen molar-refractivity contribution in [3.8, 4) is 34.3 Å². The molecular weight excluding hydrogens is 424 g/mol. The number of nitrogens with one attached hydrogen (secondary N) is 1. The van der Waals surface area contributed by atoms with E-state index in [9.17, 15) is 14.7 Å². The summed E-state index contributed by atoms with van der Waals surface area (Å²) in [6, 6.07) is 22.5. The Bertz CT molecular complexity index is 1320. The Labute approximate surface area is 189 Å². The maximum atomic E-state index is 12.2. The van der Waals surface area contributed by atoms with Gasteiger partial charge in [-0.1, -0.05) is 42.5 Å². The van der Waals surface area contributed by atoms with Crippen LogP contribution < -0.4 is 14.8 Å². The molecule has 1 heterocycles. The average Bonchev–Trinajstić information content (AvgIpc) is 2.84. The number of rotatable bonds is 7. The Kier molecular flexibility index (Phi) is 6.08. The molecule has 0 unspecified atom stereocenters. The van der Waals surface area contributed by atoms with Gasteiger partial charge in [-0.2, -0.15) is 0 Å². The summed E-state index contributed by atoms with van der Waals surface area (Å²) in [5.41, 5.74) is 1.83. The van der Waals surface area contributed by atoms with Crippen LogP contribution in [0, 0.1) is 0 Å². The maximum Gasteiger partial charge on any atom is 0.322 e. The number of hydrogen-bond donors (Lipinski definition) is 3. The molecule has 0 aliphatic carbocycles. The summed E-state index contributed by atoms with van der Waals surface area (Å²) in [7, 11) is 1.38. The molecule has 8 heteroatoms. The summed E-state index contributed by atoms with van der Waals surface area (Å²) in [6.07, 6.45) is 0. The largest absolute Gasteiger partial charge is 0.505 e. The number of hydrogen-bond acceptors (Lipinski definition) is 6. The van der Waals surface area contributed by atoms with Crippen LogP contribution in [0.2, 0.25) is 0 Å². The molecule has 1 amide bonds. The van der Waals surface area contributed by atoms with E-state index < -0.39 is 18.4 Å². The number of carbonyl (C=O) groups is 2. The van der Waals surface area contributed by atoms with E-state index in [2.05, 4.69) is 10.3 Å². The third-order valence-corrected chi connectivity index (χ3v) is 4.92. The monoisotopic (exact) mass is 444 g/mol. The Hall–Kier alpha value is -4.59. The van der Waals surface area contributed by atoms with Crippen molar-refractivity contribution >= 4 is 22.6 Å². The number of ether oxygens (including phenoxy) is 2. The number of aromatic hydroxyl groups is 1. The fourth-order valence-corrected chi connectivity index (χ4v) is 3.35. The van der Waals surface area contributed by atoms with Crippen molar-refractivity contribution in [2.75, 3.05) is 13.7 Å². The molecule has 4 aromatic rings. The lowest BCUT2D eigenvalue weighted by Gasteiger charge is -2.13. The van der Waals surface area contributed by atoms with Gasteiger partial charge in [0.05, 0.1) is 12.5 Å². The fourth-order valence-electron chi connectivity index (χ4n) is 3.35. The van der Waals surface area contributed by atoms with Crippen LogP contribution in [0.4, 0.5) is 0 Å². The minimum Gasteiger partial charge on any atom is -0.505 e. The van der Waals surface area contributed by atoms with Crippen molar-refractivity contribution in [1.82, 2.24) is 10.3 Å². The van der Waals surface area contributed by atoms with E-state index in [1.807, 2.05) is 54.6 Å². The van der Waals surface area contributed by atoms with Crippen molar-refractivity contribution in [3.63, 3.8) is 0 Å². The van der Waals surface area contributed by atoms with Gasteiger partial charge in [-0.15, -0.1) is 0 Å². The van der Waals surface area contributed by atoms with Crippen LogP contribution >= 0.6 is 0 Å². The van der Waals surface area contributed by atoms with Gasteiger partial charge >= 0.3 is 5.97 Å². The molecule has 3 N–H and O–H groups in total. The molecule has 8 nitrogen and oxygen atoms in total. The van der Waals surface area contributed by atoms with Crippen molar-refractivity contribution < 1.29 is 29.3 Å². The predicted molar refractivity (Wildman–Crippen MR) is 122 cm³/mol. The molecule has 4 rings (SSSR count). The molecule has 0 fully saturated rings. The zero-order valence-corrected chi connectivity index (χ0v) is 17.6. The Morgan fingerprint density at radius 1 is 0.909 bits per heavy atom. The zero-order chi connectivity index (χ0) is 23.4. The average molecular weight is 444 g/mol. The molecule has 0 saturated carbocycles. The van der Waals surface area contributed by atoms with Gasteiger partial charge in [0.25, 0.3) is 5.91 Å². The van der Waals surface area contributed by atoms with Crippen LogP contribution in [0.25, 0.3) is 21.9 Å². The van der Waals surface area contributed by atoms with E-state index in [4.69, 9.17) is 14.6 Å². The molecule has 0 aliphatic heterocycles. The second kappa shape index (κ2) is 9.27. The van der Waals surface area contributed by atoms with Crippen LogP contribution in [-0.4, -0.2) is 40.7 Å². The number of pyridine rings is 1. The Morgan fingerprint density at radius 2 is 1.58 bits per heavy atom. The number of aromatic nitrogens is 1. The summed E-state index contributed by atoms with van der Waals surface area (Å²) in [4.78, 5) is 27.0. The van der Waals surface area contributed by atoms with E-state index in [1.165, 1.54) is 7.11 Å². The number of carboxylic acid groups (broad SMARTS) is 1. The molecule has 0 spiro atoms. The first-order valence-corrected chi connectivity index (χ1v) is 10.0. The van der Waals surface area contributed by atoms with Crippen molar-refractivity contribution in [3.05, 3.63) is 78.5 Å². The van der Waals surface area contributed by atoms with Gasteiger partial charge in [0.15, 0.2) is 11.4 Å². The normalized spacial score (nSPS) is 10.6. The van der Waals surface area contributed by atoms with Crippen LogP contribution in [0.1, 0.15) is 10.5 Å². The number of methoxy groups -OCH3 is 1. The van der Waals surface area contributed by atoms with Crippen molar-refractivity contribution in [1.29, 1.82) is 0 Å². The first-order chi connectivity index (χ1) is 16.0. The van der Waals surface area contributed by atoms with Gasteiger partial charge in [-0.3, -0.25) is 9.59 Å². The molecule has 3 aromatic carbocycles. The fraction of sp³-hybridized carbons (Fsp3) is 0.0800. The summed E-state index contributed by atoms with van der Waals surface area (Å²) < 4.78 is 11.2. The number of aliphatic carboxylic acids is 1. The van der Waals surface area contributed by atoms with E-state index in [0.29, 0.717) is 22.3 Å². The maximum absolute atomic E-state index is 12.2. The van der Waals surface area contributed by atoms with E-state index >= 15 is 0 Å². The third kappa shape index (κ3) is 4.69. The molecule has 0 atom stereocenters. The molecule has 166 valence electrons. The highest BCUT2D eigenvalue weighted by Crippen LogP contribution is 2.37. The zero-order valence-electron chi connectivity index (χ0n) is 17.6. The Morgan fingerprint density at radius 3 is 2.24 bits per heavy atom.